The van der Waals surface area contributed by atoms with Crippen molar-refractivity contribution in [3.8, 4) is 17.2 Å². The lowest BCUT2D eigenvalue weighted by Crippen LogP contribution is -2.29. The summed E-state index contributed by atoms with van der Waals surface area (Å²) >= 11 is 1.30. The van der Waals surface area contributed by atoms with Crippen LogP contribution in [0, 0.1) is 6.92 Å². The fraction of sp³-hybridized carbons (Fsp3) is 0.207. The molecule has 1 N–H and O–H groups in total. The normalized spacial score (nSPS) is 16.7. The minimum Gasteiger partial charge on any atom is -0.507 e. The minimum atomic E-state index is -1.01. The number of thiazole rings is 1. The molecule has 1 aliphatic heterocycles. The number of ketones is 1. The number of nitrogens with zero attached hydrogens (tertiary/aromatic N) is 2. The molecular weight excluding hydrogens is 504 g/mol. The molecule has 4 aromatic rings. The molecule has 5 rings (SSSR count). The van der Waals surface area contributed by atoms with Gasteiger partial charge in [0.25, 0.3) is 5.78 Å². The largest absolute Gasteiger partial charge is 0.507 e. The average Bonchev–Trinajstić information content (AvgIpc) is 3.45. The van der Waals surface area contributed by atoms with Gasteiger partial charge in [-0.2, -0.15) is 0 Å². The molecule has 0 spiro atoms. The van der Waals surface area contributed by atoms with Gasteiger partial charge in [0.15, 0.2) is 16.6 Å². The summed E-state index contributed by atoms with van der Waals surface area (Å²) in [5.74, 6) is -0.510. The van der Waals surface area contributed by atoms with Crippen LogP contribution in [0.2, 0.25) is 0 Å². The second-order valence-corrected chi connectivity index (χ2v) is 9.69. The van der Waals surface area contributed by atoms with Crippen molar-refractivity contribution in [1.29, 1.82) is 0 Å². The number of aromatic nitrogens is 1. The van der Waals surface area contributed by atoms with Crippen LogP contribution in [0.4, 0.5) is 5.13 Å². The third kappa shape index (κ3) is 4.24. The zero-order chi connectivity index (χ0) is 27.0. The van der Waals surface area contributed by atoms with Gasteiger partial charge in [0.05, 0.1) is 36.6 Å². The first-order valence-corrected chi connectivity index (χ1v) is 12.8. The van der Waals surface area contributed by atoms with Crippen LogP contribution in [0.15, 0.2) is 66.2 Å². The van der Waals surface area contributed by atoms with Crippen LogP contribution in [0.3, 0.4) is 0 Å². The van der Waals surface area contributed by atoms with Crippen molar-refractivity contribution in [2.45, 2.75) is 19.9 Å². The van der Waals surface area contributed by atoms with Crippen molar-refractivity contribution in [1.82, 2.24) is 4.98 Å². The molecule has 8 nitrogen and oxygen atoms in total. The number of ether oxygens (including phenoxy) is 3. The summed E-state index contributed by atoms with van der Waals surface area (Å²) < 4.78 is 17.5. The number of hydrogen-bond acceptors (Lipinski definition) is 8. The number of hydrogen-bond donors (Lipinski definition) is 1. The highest BCUT2D eigenvalue weighted by atomic mass is 32.1. The van der Waals surface area contributed by atoms with E-state index in [1.54, 1.807) is 42.5 Å². The number of carbonyl (C=O) groups excluding carboxylic acids is 2. The molecule has 0 saturated carbocycles. The molecule has 38 heavy (non-hydrogen) atoms. The van der Waals surface area contributed by atoms with E-state index in [0.29, 0.717) is 45.6 Å². The van der Waals surface area contributed by atoms with Gasteiger partial charge in [-0.15, -0.1) is 0 Å². The van der Waals surface area contributed by atoms with Gasteiger partial charge in [0.1, 0.15) is 17.6 Å². The van der Waals surface area contributed by atoms with Crippen molar-refractivity contribution in [3.63, 3.8) is 0 Å². The molecule has 1 fully saturated rings. The van der Waals surface area contributed by atoms with Crippen LogP contribution in [-0.4, -0.2) is 42.6 Å². The van der Waals surface area contributed by atoms with Gasteiger partial charge < -0.3 is 19.3 Å². The van der Waals surface area contributed by atoms with Crippen molar-refractivity contribution in [3.05, 3.63) is 82.9 Å². The predicted octanol–water partition coefficient (Wildman–Crippen LogP) is 5.65. The van der Waals surface area contributed by atoms with Gasteiger partial charge in [-0.3, -0.25) is 14.5 Å². The van der Waals surface area contributed by atoms with E-state index in [4.69, 9.17) is 14.2 Å². The smallest absolute Gasteiger partial charge is 0.301 e. The number of para-hydroxylation sites is 1. The topological polar surface area (TPSA) is 98.2 Å². The second-order valence-electron chi connectivity index (χ2n) is 8.68. The van der Waals surface area contributed by atoms with Crippen LogP contribution in [0.25, 0.3) is 16.0 Å². The van der Waals surface area contributed by atoms with Crippen molar-refractivity contribution >= 4 is 44.1 Å². The van der Waals surface area contributed by atoms with E-state index >= 15 is 0 Å². The lowest BCUT2D eigenvalue weighted by atomic mass is 9.94. The van der Waals surface area contributed by atoms with E-state index in [9.17, 15) is 14.7 Å². The summed E-state index contributed by atoms with van der Waals surface area (Å²) in [6.07, 6.45) is 0. The van der Waals surface area contributed by atoms with Crippen molar-refractivity contribution in [2.24, 2.45) is 0 Å². The molecule has 1 amide bonds. The molecule has 1 saturated heterocycles. The summed E-state index contributed by atoms with van der Waals surface area (Å²) in [4.78, 5) is 33.1. The van der Waals surface area contributed by atoms with E-state index < -0.39 is 17.7 Å². The number of rotatable bonds is 7. The highest BCUT2D eigenvalue weighted by Gasteiger charge is 2.49. The quantitative estimate of drug-likeness (QED) is 0.187. The minimum absolute atomic E-state index is 0.0684. The van der Waals surface area contributed by atoms with Gasteiger partial charge in [0.2, 0.25) is 0 Å². The fourth-order valence-electron chi connectivity index (χ4n) is 4.61. The predicted molar refractivity (Wildman–Crippen MR) is 146 cm³/mol. The number of amides is 1. The summed E-state index contributed by atoms with van der Waals surface area (Å²) in [5, 5.41) is 11.8. The van der Waals surface area contributed by atoms with Crippen LogP contribution in [-0.2, 0) is 9.59 Å². The number of carbonyl (C=O) groups is 2. The fourth-order valence-corrected chi connectivity index (χ4v) is 5.70. The molecule has 0 unspecified atom stereocenters. The van der Waals surface area contributed by atoms with Gasteiger partial charge >= 0.3 is 5.91 Å². The molecular formula is C29H26N2O6S. The Labute approximate surface area is 223 Å². The van der Waals surface area contributed by atoms with Gasteiger partial charge in [-0.25, -0.2) is 4.98 Å². The summed E-state index contributed by atoms with van der Waals surface area (Å²) in [5.41, 5.74) is 2.55. The number of anilines is 1. The number of aliphatic hydroxyl groups is 1. The number of aryl methyl sites for hydroxylation is 1. The van der Waals surface area contributed by atoms with Gasteiger partial charge in [-0.1, -0.05) is 29.5 Å². The first-order valence-electron chi connectivity index (χ1n) is 12.0. The second kappa shape index (κ2) is 10.2. The average molecular weight is 531 g/mol. The number of Topliss-reactive ketones (excluding diaryl/α,β-unsaturated/α-hetero) is 1. The maximum atomic E-state index is 13.6. The first kappa shape index (κ1) is 25.3. The summed E-state index contributed by atoms with van der Waals surface area (Å²) in [6, 6.07) is 16.7. The number of fused-ring (bicyclic) bond motifs is 1. The Morgan fingerprint density at radius 2 is 1.82 bits per heavy atom. The lowest BCUT2D eigenvalue weighted by molar-refractivity contribution is -0.132. The monoisotopic (exact) mass is 530 g/mol. The lowest BCUT2D eigenvalue weighted by Gasteiger charge is -2.25. The molecule has 0 aliphatic carbocycles. The Hall–Kier alpha value is -4.37. The van der Waals surface area contributed by atoms with E-state index in [0.717, 1.165) is 10.3 Å². The number of benzene rings is 3. The zero-order valence-corrected chi connectivity index (χ0v) is 22.2. The van der Waals surface area contributed by atoms with E-state index in [1.807, 2.05) is 32.0 Å². The maximum absolute atomic E-state index is 13.6. The standard InChI is InChI=1S/C29H26N2O6S/c1-5-37-18-12-10-17(11-13-18)25(32)23-24(19-7-6-8-21(35-3)27(19)36-4)31(28(34)26(23)33)29-30-20-14-9-16(2)15-22(20)38-29/h6-15,24,32H,5H2,1-4H3/b25-23+/t24-/m0/s1. The molecule has 0 radical (unpaired) electrons. The highest BCUT2D eigenvalue weighted by Crippen LogP contribution is 2.48. The Kier molecular flexibility index (Phi) is 6.77. The Balaban J connectivity index is 1.74. The molecule has 1 aliphatic rings. The van der Waals surface area contributed by atoms with Crippen LogP contribution in [0.5, 0.6) is 17.2 Å². The number of aliphatic hydroxyl groups excluding tert-OH is 1. The van der Waals surface area contributed by atoms with Crippen LogP contribution < -0.4 is 19.1 Å². The number of methoxy groups -OCH3 is 2. The van der Waals surface area contributed by atoms with E-state index in [1.165, 1.54) is 30.5 Å². The zero-order valence-electron chi connectivity index (χ0n) is 21.3. The summed E-state index contributed by atoms with van der Waals surface area (Å²) in [6.45, 7) is 4.34. The molecule has 9 heteroatoms. The SMILES string of the molecule is CCOc1ccc(/C(O)=C2\C(=O)C(=O)N(c3nc4ccc(C)cc4s3)[C@H]2c2cccc(OC)c2OC)cc1. The third-order valence-electron chi connectivity index (χ3n) is 6.35. The molecule has 3 aromatic carbocycles. The maximum Gasteiger partial charge on any atom is 0.301 e. The molecule has 2 heterocycles. The Morgan fingerprint density at radius 1 is 1.05 bits per heavy atom. The van der Waals surface area contributed by atoms with Crippen molar-refractivity contribution in [2.75, 3.05) is 25.7 Å². The molecule has 194 valence electrons. The first-order chi connectivity index (χ1) is 18.4. The van der Waals surface area contributed by atoms with Crippen LogP contribution >= 0.6 is 11.3 Å². The van der Waals surface area contributed by atoms with Crippen molar-refractivity contribution < 1.29 is 28.9 Å². The van der Waals surface area contributed by atoms with E-state index in [2.05, 4.69) is 4.98 Å². The van der Waals surface area contributed by atoms with Gasteiger partial charge in [-0.05, 0) is 61.9 Å². The highest BCUT2D eigenvalue weighted by molar-refractivity contribution is 7.22. The van der Waals surface area contributed by atoms with Gasteiger partial charge in [0, 0.05) is 11.1 Å². The molecule has 0 bridgehead atoms. The van der Waals surface area contributed by atoms with Crippen LogP contribution in [0.1, 0.15) is 29.7 Å². The van der Waals surface area contributed by atoms with E-state index in [-0.39, 0.29) is 11.3 Å². The Bertz CT molecular complexity index is 1570. The third-order valence-corrected chi connectivity index (χ3v) is 7.37. The summed E-state index contributed by atoms with van der Waals surface area (Å²) in [7, 11) is 2.99. The molecule has 1 aromatic heterocycles. The molecule has 1 atom stereocenters. The Morgan fingerprint density at radius 3 is 2.50 bits per heavy atom.